The van der Waals surface area contributed by atoms with Gasteiger partial charge in [0.25, 0.3) is 5.91 Å². The first-order valence-electron chi connectivity index (χ1n) is 8.29. The number of para-hydroxylation sites is 2. The molecule has 0 saturated heterocycles. The molecule has 3 aromatic rings. The second kappa shape index (κ2) is 6.45. The highest BCUT2D eigenvalue weighted by Crippen LogP contribution is 2.42. The molecule has 1 atom stereocenters. The van der Waals surface area contributed by atoms with E-state index in [0.29, 0.717) is 16.8 Å². The Morgan fingerprint density at radius 1 is 0.926 bits per heavy atom. The van der Waals surface area contributed by atoms with Gasteiger partial charge >= 0.3 is 0 Å². The summed E-state index contributed by atoms with van der Waals surface area (Å²) in [6.07, 6.45) is 0. The lowest BCUT2D eigenvalue weighted by atomic mass is 9.91. The Bertz CT molecular complexity index is 1040. The summed E-state index contributed by atoms with van der Waals surface area (Å²) in [5.41, 5.74) is -0.548. The number of halogens is 1. The fourth-order valence-electron chi connectivity index (χ4n) is 3.37. The predicted octanol–water partition coefficient (Wildman–Crippen LogP) is 3.02. The lowest BCUT2D eigenvalue weighted by Crippen LogP contribution is -2.66. The van der Waals surface area contributed by atoms with Crippen LogP contribution >= 0.6 is 11.6 Å². The number of aliphatic carboxylic acids is 1. The van der Waals surface area contributed by atoms with Crippen LogP contribution in [0.1, 0.15) is 15.9 Å². The van der Waals surface area contributed by atoms with Crippen LogP contribution in [0.3, 0.4) is 0 Å². The van der Waals surface area contributed by atoms with Crippen molar-refractivity contribution in [2.45, 2.75) is 5.66 Å². The van der Waals surface area contributed by atoms with E-state index in [9.17, 15) is 14.7 Å². The highest BCUT2D eigenvalue weighted by molar-refractivity contribution is 6.34. The summed E-state index contributed by atoms with van der Waals surface area (Å²) in [6, 6.07) is 21.8. The number of nitrogens with zero attached hydrogens (tertiary/aromatic N) is 1. The first-order chi connectivity index (χ1) is 13.1. The van der Waals surface area contributed by atoms with Gasteiger partial charge in [-0.05, 0) is 24.3 Å². The number of nitrogens with one attached hydrogen (secondary N) is 1. The van der Waals surface area contributed by atoms with Gasteiger partial charge in [0, 0.05) is 11.3 Å². The average Bonchev–Trinajstić information content (AvgIpc) is 2.69. The van der Waals surface area contributed by atoms with Crippen LogP contribution in [-0.4, -0.2) is 11.9 Å². The molecule has 0 aromatic heterocycles. The molecule has 0 aliphatic carbocycles. The number of carboxylic acid groups (broad SMARTS) is 1. The molecule has 1 heterocycles. The number of carboxylic acids is 1. The van der Waals surface area contributed by atoms with Crippen molar-refractivity contribution in [1.82, 2.24) is 0 Å². The van der Waals surface area contributed by atoms with Crippen molar-refractivity contribution in [1.29, 1.82) is 0 Å². The molecule has 27 heavy (non-hydrogen) atoms. The molecule has 134 valence electrons. The lowest BCUT2D eigenvalue weighted by Gasteiger charge is -2.49. The Balaban J connectivity index is 2.06. The molecule has 1 N–H and O–H groups in total. The largest absolute Gasteiger partial charge is 0.545 e. The van der Waals surface area contributed by atoms with Gasteiger partial charge in [0.1, 0.15) is 0 Å². The van der Waals surface area contributed by atoms with E-state index in [1.807, 2.05) is 0 Å². The topological polar surface area (TPSA) is 72.5 Å². The van der Waals surface area contributed by atoms with Gasteiger partial charge in [-0.3, -0.25) is 9.69 Å². The van der Waals surface area contributed by atoms with Crippen LogP contribution in [0.15, 0.2) is 78.9 Å². The Morgan fingerprint density at radius 2 is 1.56 bits per heavy atom. The highest BCUT2D eigenvalue weighted by Gasteiger charge is 2.49. The second-order valence-electron chi connectivity index (χ2n) is 6.13. The molecule has 0 spiro atoms. The van der Waals surface area contributed by atoms with Crippen molar-refractivity contribution in [3.8, 4) is 0 Å². The minimum absolute atomic E-state index is 0.258. The van der Waals surface area contributed by atoms with Gasteiger partial charge in [0.15, 0.2) is 5.66 Å². The zero-order valence-corrected chi connectivity index (χ0v) is 14.8. The first-order valence-corrected chi connectivity index (χ1v) is 8.67. The van der Waals surface area contributed by atoms with Gasteiger partial charge in [-0.1, -0.05) is 66.2 Å². The molecule has 0 unspecified atom stereocenters. The monoisotopic (exact) mass is 377 g/mol. The van der Waals surface area contributed by atoms with Gasteiger partial charge in [-0.25, -0.2) is 0 Å². The van der Waals surface area contributed by atoms with Gasteiger partial charge < -0.3 is 15.2 Å². The zero-order chi connectivity index (χ0) is 19.0. The molecule has 0 bridgehead atoms. The lowest BCUT2D eigenvalue weighted by molar-refractivity contribution is -0.312. The fourth-order valence-corrected chi connectivity index (χ4v) is 3.59. The van der Waals surface area contributed by atoms with E-state index >= 15 is 0 Å². The minimum Gasteiger partial charge on any atom is -0.545 e. The van der Waals surface area contributed by atoms with E-state index in [1.165, 1.54) is 0 Å². The maximum atomic E-state index is 13.4. The predicted molar refractivity (Wildman–Crippen MR) is 101 cm³/mol. The molecular formula is C21H14ClN2O3-. The van der Waals surface area contributed by atoms with E-state index in [4.69, 9.17) is 11.6 Å². The number of carbonyl (C=O) groups excluding carboxylic acids is 2. The summed E-state index contributed by atoms with van der Waals surface area (Å²) in [5.74, 6) is -1.94. The Morgan fingerprint density at radius 3 is 2.26 bits per heavy atom. The summed E-state index contributed by atoms with van der Waals surface area (Å²) < 4.78 is 0. The van der Waals surface area contributed by atoms with Crippen LogP contribution < -0.4 is 15.3 Å². The Hall–Kier alpha value is -3.31. The molecule has 1 aliphatic rings. The molecule has 0 radical (unpaired) electrons. The van der Waals surface area contributed by atoms with E-state index in [1.54, 1.807) is 78.9 Å². The zero-order valence-electron chi connectivity index (χ0n) is 14.1. The summed E-state index contributed by atoms with van der Waals surface area (Å²) in [5, 5.41) is 15.8. The number of carbonyl (C=O) groups is 2. The van der Waals surface area contributed by atoms with Crippen molar-refractivity contribution < 1.29 is 14.7 Å². The van der Waals surface area contributed by atoms with Gasteiger partial charge in [-0.15, -0.1) is 0 Å². The van der Waals surface area contributed by atoms with Crippen LogP contribution in [0.5, 0.6) is 0 Å². The van der Waals surface area contributed by atoms with Gasteiger partial charge in [0.2, 0.25) is 0 Å². The maximum Gasteiger partial charge on any atom is 0.262 e. The van der Waals surface area contributed by atoms with Crippen molar-refractivity contribution in [3.05, 3.63) is 95.0 Å². The number of hydrogen-bond acceptors (Lipinski definition) is 4. The molecule has 4 rings (SSSR count). The molecular weight excluding hydrogens is 364 g/mol. The van der Waals surface area contributed by atoms with Crippen LogP contribution in [0.2, 0.25) is 5.02 Å². The van der Waals surface area contributed by atoms with Crippen molar-refractivity contribution in [2.24, 2.45) is 0 Å². The number of rotatable bonds is 3. The normalized spacial score (nSPS) is 18.6. The highest BCUT2D eigenvalue weighted by atomic mass is 35.5. The van der Waals surface area contributed by atoms with Crippen molar-refractivity contribution >= 4 is 34.9 Å². The molecule has 1 amide bonds. The number of fused-ring (bicyclic) bond motifs is 1. The van der Waals surface area contributed by atoms with Gasteiger partial charge in [-0.2, -0.15) is 0 Å². The molecule has 5 nitrogen and oxygen atoms in total. The minimum atomic E-state index is -1.95. The fraction of sp³-hybridized carbons (Fsp3) is 0.0476. The Labute approximate surface area is 160 Å². The smallest absolute Gasteiger partial charge is 0.262 e. The van der Waals surface area contributed by atoms with Crippen LogP contribution in [-0.2, 0) is 10.5 Å². The summed E-state index contributed by atoms with van der Waals surface area (Å²) in [6.45, 7) is 0. The maximum absolute atomic E-state index is 13.4. The molecule has 3 aromatic carbocycles. The Kier molecular flexibility index (Phi) is 4.09. The van der Waals surface area contributed by atoms with Crippen molar-refractivity contribution in [3.63, 3.8) is 0 Å². The number of amides is 1. The quantitative estimate of drug-likeness (QED) is 0.761. The number of hydrogen-bond donors (Lipinski definition) is 1. The standard InChI is InChI=1S/C21H15ClN2O3/c22-16-11-5-7-13-18(16)24-19(25)15-10-4-6-12-17(15)23-21(24,20(26)27)14-8-2-1-3-9-14/h1-13,23H,(H,26,27)/p-1/t21-/m1/s1. The van der Waals surface area contributed by atoms with E-state index < -0.39 is 17.5 Å². The van der Waals surface area contributed by atoms with Crippen LogP contribution in [0, 0.1) is 0 Å². The number of benzene rings is 3. The third kappa shape index (κ3) is 2.55. The number of anilines is 2. The van der Waals surface area contributed by atoms with E-state index in [-0.39, 0.29) is 10.7 Å². The summed E-state index contributed by atoms with van der Waals surface area (Å²) >= 11 is 6.33. The molecule has 0 saturated carbocycles. The van der Waals surface area contributed by atoms with Crippen molar-refractivity contribution in [2.75, 3.05) is 10.2 Å². The van der Waals surface area contributed by atoms with Crippen LogP contribution in [0.25, 0.3) is 0 Å². The second-order valence-corrected chi connectivity index (χ2v) is 6.53. The average molecular weight is 378 g/mol. The molecule has 0 fully saturated rings. The molecule has 6 heteroatoms. The summed E-state index contributed by atoms with van der Waals surface area (Å²) in [7, 11) is 0. The summed E-state index contributed by atoms with van der Waals surface area (Å²) in [4.78, 5) is 27.1. The van der Waals surface area contributed by atoms with Crippen LogP contribution in [0.4, 0.5) is 11.4 Å². The van der Waals surface area contributed by atoms with E-state index in [0.717, 1.165) is 4.90 Å². The SMILES string of the molecule is O=C1c2ccccc2N[C@](C(=O)[O-])(c2ccccc2)N1c1ccccc1Cl. The third-order valence-electron chi connectivity index (χ3n) is 4.59. The van der Waals surface area contributed by atoms with Gasteiger partial charge in [0.05, 0.1) is 22.2 Å². The third-order valence-corrected chi connectivity index (χ3v) is 4.91. The van der Waals surface area contributed by atoms with E-state index in [2.05, 4.69) is 5.32 Å². The first kappa shape index (κ1) is 17.1. The molecule has 1 aliphatic heterocycles.